The highest BCUT2D eigenvalue weighted by Crippen LogP contribution is 2.38. The minimum atomic E-state index is -4.03. The Bertz CT molecular complexity index is 671. The van der Waals surface area contributed by atoms with Gasteiger partial charge in [-0.25, -0.2) is 30.7 Å². The molecule has 25 heavy (non-hydrogen) atoms. The molecule has 0 amide bonds. The van der Waals surface area contributed by atoms with Gasteiger partial charge >= 0.3 is 6.11 Å². The average Bonchev–Trinajstić information content (AvgIpc) is 2.49. The quantitative estimate of drug-likeness (QED) is 0.253. The fourth-order valence-electron chi connectivity index (χ4n) is 2.06. The predicted molar refractivity (Wildman–Crippen MR) is 74.2 cm³/mol. The Labute approximate surface area is 138 Å². The van der Waals surface area contributed by atoms with Gasteiger partial charge in [-0.2, -0.15) is 8.78 Å². The van der Waals surface area contributed by atoms with Gasteiger partial charge in [0.2, 0.25) is 5.82 Å². The maximum atomic E-state index is 14.3. The molecule has 0 saturated heterocycles. The number of halogens is 9. The smallest absolute Gasteiger partial charge is 0.321 e. The molecule has 0 spiro atoms. The van der Waals surface area contributed by atoms with E-state index in [4.69, 9.17) is 0 Å². The molecule has 0 aliphatic heterocycles. The second kappa shape index (κ2) is 7.40. The van der Waals surface area contributed by atoms with Gasteiger partial charge in [0, 0.05) is 6.04 Å². The molecule has 0 aromatic heterocycles. The number of ether oxygens (including phenoxy) is 1. The molecular formula is C14H13F9OSi. The summed E-state index contributed by atoms with van der Waals surface area (Å²) in [6.07, 6.45) is -3.85. The first-order valence-electron chi connectivity index (χ1n) is 6.86. The number of rotatable bonds is 6. The molecule has 0 fully saturated rings. The molecule has 0 unspecified atom stereocenters. The highest BCUT2D eigenvalue weighted by Gasteiger charge is 2.44. The van der Waals surface area contributed by atoms with Crippen LogP contribution in [0.3, 0.4) is 0 Å². The van der Waals surface area contributed by atoms with Gasteiger partial charge in [-0.05, 0) is 6.92 Å². The largest absolute Gasteiger partial charge is 0.353 e. The van der Waals surface area contributed by atoms with Crippen LogP contribution in [0, 0.1) is 29.1 Å². The minimum Gasteiger partial charge on any atom is -0.321 e. The van der Waals surface area contributed by atoms with Crippen LogP contribution in [0.15, 0.2) is 5.45 Å². The van der Waals surface area contributed by atoms with Gasteiger partial charge in [0.25, 0.3) is 0 Å². The first kappa shape index (κ1) is 21.5. The molecule has 11 heteroatoms. The van der Waals surface area contributed by atoms with E-state index < -0.39 is 72.8 Å². The van der Waals surface area contributed by atoms with Gasteiger partial charge in [0.05, 0.1) is 12.2 Å². The highest BCUT2D eigenvalue weighted by atomic mass is 28.3. The molecule has 1 nitrogen and oxygen atoms in total. The number of benzene rings is 1. The van der Waals surface area contributed by atoms with Gasteiger partial charge in [-0.1, -0.05) is 13.1 Å². The lowest BCUT2D eigenvalue weighted by molar-refractivity contribution is -0.221. The number of alkyl halides is 2. The molecule has 142 valence electrons. The summed E-state index contributed by atoms with van der Waals surface area (Å²) in [6.45, 7) is 2.56. The van der Waals surface area contributed by atoms with E-state index in [1.807, 2.05) is 0 Å². The molecule has 0 aliphatic rings. The first-order chi connectivity index (χ1) is 11.3. The van der Waals surface area contributed by atoms with Crippen molar-refractivity contribution in [2.75, 3.05) is 6.61 Å². The molecule has 0 atom stereocenters. The Kier molecular flexibility index (Phi) is 6.38. The summed E-state index contributed by atoms with van der Waals surface area (Å²) in [7, 11) is -4.03. The van der Waals surface area contributed by atoms with Crippen molar-refractivity contribution < 1.29 is 44.3 Å². The molecule has 0 bridgehead atoms. The first-order valence-corrected chi connectivity index (χ1v) is 10.1. The topological polar surface area (TPSA) is 9.23 Å². The van der Waals surface area contributed by atoms with Crippen LogP contribution in [-0.4, -0.2) is 20.8 Å². The van der Waals surface area contributed by atoms with Crippen molar-refractivity contribution in [1.29, 1.82) is 0 Å². The second-order valence-electron chi connectivity index (χ2n) is 5.70. The molecule has 0 heterocycles. The van der Waals surface area contributed by atoms with Gasteiger partial charge in [-0.15, -0.1) is 0 Å². The molecular weight excluding hydrogens is 383 g/mol. The fraction of sp³-hybridized carbons (Fsp3) is 0.429. The lowest BCUT2D eigenvalue weighted by Crippen LogP contribution is -2.37. The Morgan fingerprint density at radius 1 is 0.880 bits per heavy atom. The van der Waals surface area contributed by atoms with Crippen LogP contribution in [0.2, 0.25) is 19.1 Å². The van der Waals surface area contributed by atoms with Crippen LogP contribution < -0.4 is 0 Å². The molecule has 0 aliphatic carbocycles. The van der Waals surface area contributed by atoms with Crippen molar-refractivity contribution in [2.45, 2.75) is 32.2 Å². The summed E-state index contributed by atoms with van der Waals surface area (Å²) in [5, 5.41) is 0. The van der Waals surface area contributed by atoms with Crippen LogP contribution in [0.5, 0.6) is 0 Å². The Morgan fingerprint density at radius 3 is 1.68 bits per heavy atom. The maximum Gasteiger partial charge on any atom is 0.353 e. The molecule has 0 radical (unpaired) electrons. The van der Waals surface area contributed by atoms with Crippen LogP contribution in [0.1, 0.15) is 12.5 Å². The Balaban J connectivity index is 3.48. The zero-order valence-corrected chi connectivity index (χ0v) is 14.2. The maximum absolute atomic E-state index is 14.3. The van der Waals surface area contributed by atoms with E-state index in [-0.39, 0.29) is 0 Å². The highest BCUT2D eigenvalue weighted by molar-refractivity contribution is 6.84. The summed E-state index contributed by atoms with van der Waals surface area (Å²) >= 11 is 0. The van der Waals surface area contributed by atoms with E-state index in [1.54, 1.807) is 0 Å². The molecule has 0 saturated carbocycles. The molecule has 1 aromatic rings. The monoisotopic (exact) mass is 396 g/mol. The lowest BCUT2D eigenvalue weighted by Gasteiger charge is -2.26. The normalized spacial score (nSPS) is 13.9. The van der Waals surface area contributed by atoms with E-state index in [2.05, 4.69) is 4.74 Å². The Hall–Kier alpha value is -1.49. The van der Waals surface area contributed by atoms with Crippen molar-refractivity contribution >= 4 is 13.9 Å². The lowest BCUT2D eigenvalue weighted by atomic mass is 10.1. The third-order valence-electron chi connectivity index (χ3n) is 3.22. The van der Waals surface area contributed by atoms with Gasteiger partial charge in [0.15, 0.2) is 29.1 Å². The van der Waals surface area contributed by atoms with Gasteiger partial charge in [0.1, 0.15) is 13.5 Å². The van der Waals surface area contributed by atoms with Gasteiger partial charge in [-0.3, -0.25) is 0 Å². The minimum absolute atomic E-state index is 0.442. The van der Waals surface area contributed by atoms with Crippen LogP contribution in [0.25, 0.3) is 5.83 Å². The summed E-state index contributed by atoms with van der Waals surface area (Å²) < 4.78 is 126. The van der Waals surface area contributed by atoms with Crippen LogP contribution >= 0.6 is 0 Å². The predicted octanol–water partition coefficient (Wildman–Crippen LogP) is 5.87. The van der Waals surface area contributed by atoms with Gasteiger partial charge < -0.3 is 4.74 Å². The van der Waals surface area contributed by atoms with Crippen LogP contribution in [-0.2, 0) is 4.74 Å². The summed E-state index contributed by atoms with van der Waals surface area (Å²) in [5.74, 6) is -15.1. The van der Waals surface area contributed by atoms with Crippen molar-refractivity contribution in [1.82, 2.24) is 0 Å². The average molecular weight is 396 g/mol. The van der Waals surface area contributed by atoms with E-state index in [1.165, 1.54) is 6.92 Å². The van der Waals surface area contributed by atoms with Crippen molar-refractivity contribution in [2.24, 2.45) is 0 Å². The third kappa shape index (κ3) is 4.38. The summed E-state index contributed by atoms with van der Waals surface area (Å²) in [6, 6.07) is -1.30. The fourth-order valence-corrected chi connectivity index (χ4v) is 4.06. The third-order valence-corrected chi connectivity index (χ3v) is 5.92. The molecule has 0 N–H and O–H groups in total. The van der Waals surface area contributed by atoms with Crippen molar-refractivity contribution in [3.63, 3.8) is 0 Å². The number of hydrogen-bond donors (Lipinski definition) is 0. The SMILES string of the molecule is CCOC(F)(F)C[Si](C)(C)C(F)=C(F)c1c(F)c(F)c(F)c(F)c1F. The number of hydrogen-bond acceptors (Lipinski definition) is 1. The zero-order valence-electron chi connectivity index (χ0n) is 13.2. The zero-order chi connectivity index (χ0) is 19.7. The van der Waals surface area contributed by atoms with E-state index in [0.29, 0.717) is 0 Å². The second-order valence-corrected chi connectivity index (χ2v) is 10.3. The Morgan fingerprint density at radius 2 is 1.28 bits per heavy atom. The van der Waals surface area contributed by atoms with E-state index in [9.17, 15) is 39.5 Å². The standard InChI is InChI=1S/C14H13F9OSi/c1-4-24-14(22,23)5-25(2,3)13(21)9(17)6-7(15)10(18)12(20)11(19)8(6)16/h4-5H2,1-3H3. The summed E-state index contributed by atoms with van der Waals surface area (Å²) in [4.78, 5) is 0. The van der Waals surface area contributed by atoms with Crippen molar-refractivity contribution in [3.05, 3.63) is 40.1 Å². The molecule has 1 rings (SSSR count). The van der Waals surface area contributed by atoms with E-state index >= 15 is 0 Å². The summed E-state index contributed by atoms with van der Waals surface area (Å²) in [5.41, 5.74) is -4.11. The van der Waals surface area contributed by atoms with E-state index in [0.717, 1.165) is 13.1 Å². The molecule has 1 aromatic carbocycles. The van der Waals surface area contributed by atoms with Crippen LogP contribution in [0.4, 0.5) is 39.5 Å². The van der Waals surface area contributed by atoms with Crippen molar-refractivity contribution in [3.8, 4) is 0 Å².